The molecule has 1 aliphatic rings. The van der Waals surface area contributed by atoms with Crippen LogP contribution in [0.2, 0.25) is 5.02 Å². The van der Waals surface area contributed by atoms with E-state index in [2.05, 4.69) is 5.32 Å². The first kappa shape index (κ1) is 25.2. The van der Waals surface area contributed by atoms with E-state index in [1.165, 1.54) is 6.08 Å². The van der Waals surface area contributed by atoms with E-state index >= 15 is 0 Å². The van der Waals surface area contributed by atoms with Crippen LogP contribution in [0, 0.1) is 0 Å². The quantitative estimate of drug-likeness (QED) is 0.335. The Morgan fingerprint density at radius 2 is 1.82 bits per heavy atom. The van der Waals surface area contributed by atoms with Crippen LogP contribution in [0.5, 0.6) is 5.75 Å². The molecule has 1 fully saturated rings. The first-order chi connectivity index (χ1) is 16.2. The molecule has 0 bridgehead atoms. The lowest BCUT2D eigenvalue weighted by Gasteiger charge is -2.21. The molecule has 0 aromatic heterocycles. The molecule has 2 amide bonds. The number of hydrogen-bond acceptors (Lipinski definition) is 7. The average molecular weight is 521 g/mol. The molecule has 1 saturated heterocycles. The number of para-hydroxylation sites is 1. The molecule has 34 heavy (non-hydrogen) atoms. The monoisotopic (exact) mass is 520 g/mol. The van der Waals surface area contributed by atoms with Gasteiger partial charge < -0.3 is 20.3 Å². The Labute approximate surface area is 208 Å². The van der Waals surface area contributed by atoms with Gasteiger partial charge in [0.1, 0.15) is 16.1 Å². The summed E-state index contributed by atoms with van der Waals surface area (Å²) in [4.78, 5) is 48.5. The van der Waals surface area contributed by atoms with Crippen molar-refractivity contribution in [3.63, 3.8) is 0 Å². The molecular weight excluding hydrogens is 504 g/mol. The van der Waals surface area contributed by atoms with Crippen LogP contribution in [0.3, 0.4) is 0 Å². The fourth-order valence-corrected chi connectivity index (χ4v) is 4.42. The third-order valence-corrected chi connectivity index (χ3v) is 6.06. The fraction of sp³-hybridized carbons (Fsp3) is 0.136. The maximum atomic E-state index is 12.8. The number of thioether (sulfide) groups is 1. The normalized spacial score (nSPS) is 15.3. The predicted octanol–water partition coefficient (Wildman–Crippen LogP) is 3.49. The number of benzene rings is 2. The van der Waals surface area contributed by atoms with Gasteiger partial charge in [-0.1, -0.05) is 53.8 Å². The van der Waals surface area contributed by atoms with Gasteiger partial charge in [0.2, 0.25) is 0 Å². The SMILES string of the molecule is O=C(O)CC(C(=O)O)N1C(=O)/C(=C/c2ccccc2OCC(=O)Nc2ccc(Cl)cc2)SC1=S. The van der Waals surface area contributed by atoms with Gasteiger partial charge in [-0.25, -0.2) is 4.79 Å². The number of hydrogen-bond donors (Lipinski definition) is 3. The molecule has 1 atom stereocenters. The van der Waals surface area contributed by atoms with Gasteiger partial charge in [0, 0.05) is 16.3 Å². The Bertz CT molecular complexity index is 1180. The van der Waals surface area contributed by atoms with Crippen molar-refractivity contribution < 1.29 is 34.1 Å². The summed E-state index contributed by atoms with van der Waals surface area (Å²) >= 11 is 11.8. The van der Waals surface area contributed by atoms with Crippen LogP contribution in [-0.2, 0) is 19.2 Å². The van der Waals surface area contributed by atoms with Crippen molar-refractivity contribution in [2.24, 2.45) is 0 Å². The number of nitrogens with zero attached hydrogens (tertiary/aromatic N) is 1. The highest BCUT2D eigenvalue weighted by Gasteiger charge is 2.41. The Balaban J connectivity index is 1.74. The predicted molar refractivity (Wildman–Crippen MR) is 131 cm³/mol. The largest absolute Gasteiger partial charge is 0.483 e. The third-order valence-electron chi connectivity index (χ3n) is 4.48. The molecule has 0 aliphatic carbocycles. The van der Waals surface area contributed by atoms with Gasteiger partial charge >= 0.3 is 11.9 Å². The van der Waals surface area contributed by atoms with Crippen molar-refractivity contribution in [1.29, 1.82) is 0 Å². The number of rotatable bonds is 9. The summed E-state index contributed by atoms with van der Waals surface area (Å²) < 4.78 is 5.55. The molecule has 0 saturated carbocycles. The number of aliphatic carboxylic acids is 2. The van der Waals surface area contributed by atoms with Crippen molar-refractivity contribution in [1.82, 2.24) is 4.90 Å². The molecule has 0 spiro atoms. The third kappa shape index (κ3) is 6.34. The van der Waals surface area contributed by atoms with E-state index in [0.717, 1.165) is 16.7 Å². The fourth-order valence-electron chi connectivity index (χ4n) is 2.95. The molecule has 0 radical (unpaired) electrons. The number of carboxylic acids is 2. The Morgan fingerprint density at radius 3 is 2.47 bits per heavy atom. The van der Waals surface area contributed by atoms with Gasteiger partial charge in [-0.15, -0.1) is 0 Å². The van der Waals surface area contributed by atoms with Crippen LogP contribution < -0.4 is 10.1 Å². The van der Waals surface area contributed by atoms with E-state index in [9.17, 15) is 24.3 Å². The van der Waals surface area contributed by atoms with Crippen LogP contribution in [0.15, 0.2) is 53.4 Å². The summed E-state index contributed by atoms with van der Waals surface area (Å²) in [5.74, 6) is -3.68. The maximum absolute atomic E-state index is 12.8. The highest BCUT2D eigenvalue weighted by molar-refractivity contribution is 8.26. The van der Waals surface area contributed by atoms with Crippen LogP contribution >= 0.6 is 35.6 Å². The van der Waals surface area contributed by atoms with Crippen molar-refractivity contribution in [2.45, 2.75) is 12.5 Å². The van der Waals surface area contributed by atoms with Gasteiger partial charge in [0.25, 0.3) is 11.8 Å². The number of carbonyl (C=O) groups excluding carboxylic acids is 2. The number of carbonyl (C=O) groups is 4. The summed E-state index contributed by atoms with van der Waals surface area (Å²) in [6, 6.07) is 11.6. The number of carboxylic acid groups (broad SMARTS) is 2. The minimum absolute atomic E-state index is 0.0642. The van der Waals surface area contributed by atoms with Crippen molar-refractivity contribution in [2.75, 3.05) is 11.9 Å². The molecule has 3 rings (SSSR count). The standard InChI is InChI=1S/C22H17ClN2O7S2/c23-13-5-7-14(8-6-13)24-18(26)11-32-16-4-2-1-3-12(16)9-17-20(29)25(22(33)34-17)15(21(30)31)10-19(27)28/h1-9,15H,10-11H2,(H,24,26)(H,27,28)(H,30,31)/b17-9-. The molecule has 3 N–H and O–H groups in total. The maximum Gasteiger partial charge on any atom is 0.327 e. The van der Waals surface area contributed by atoms with Crippen LogP contribution in [-0.4, -0.2) is 55.8 Å². The van der Waals surface area contributed by atoms with E-state index in [1.807, 2.05) is 0 Å². The van der Waals surface area contributed by atoms with E-state index in [-0.39, 0.29) is 15.8 Å². The zero-order valence-electron chi connectivity index (χ0n) is 17.3. The topological polar surface area (TPSA) is 133 Å². The van der Waals surface area contributed by atoms with Crippen LogP contribution in [0.1, 0.15) is 12.0 Å². The van der Waals surface area contributed by atoms with Gasteiger partial charge in [0.05, 0.1) is 11.3 Å². The molecule has 2 aromatic carbocycles. The lowest BCUT2D eigenvalue weighted by Crippen LogP contribution is -2.45. The van der Waals surface area contributed by atoms with E-state index in [4.69, 9.17) is 33.7 Å². The number of halogens is 1. The van der Waals surface area contributed by atoms with Gasteiger partial charge in [-0.3, -0.25) is 19.3 Å². The molecule has 2 aromatic rings. The number of amides is 2. The Kier molecular flexibility index (Phi) is 8.26. The second-order valence-corrected chi connectivity index (χ2v) is 9.00. The van der Waals surface area contributed by atoms with Gasteiger partial charge in [-0.05, 0) is 36.4 Å². The summed E-state index contributed by atoms with van der Waals surface area (Å²) in [5.41, 5.74) is 0.997. The Morgan fingerprint density at radius 1 is 1.15 bits per heavy atom. The second kappa shape index (κ2) is 11.1. The minimum Gasteiger partial charge on any atom is -0.483 e. The number of nitrogens with one attached hydrogen (secondary N) is 1. The highest BCUT2D eigenvalue weighted by atomic mass is 35.5. The van der Waals surface area contributed by atoms with E-state index < -0.39 is 36.2 Å². The number of thiocarbonyl (C=S) groups is 1. The summed E-state index contributed by atoms with van der Waals surface area (Å²) in [7, 11) is 0. The molecule has 12 heteroatoms. The van der Waals surface area contributed by atoms with Crippen molar-refractivity contribution in [3.8, 4) is 5.75 Å². The zero-order chi connectivity index (χ0) is 24.8. The second-order valence-electron chi connectivity index (χ2n) is 6.89. The van der Waals surface area contributed by atoms with Crippen LogP contribution in [0.25, 0.3) is 6.08 Å². The minimum atomic E-state index is -1.63. The number of ether oxygens (including phenoxy) is 1. The molecule has 1 unspecified atom stereocenters. The summed E-state index contributed by atoms with van der Waals surface area (Å²) in [5, 5.41) is 21.6. The first-order valence-corrected chi connectivity index (χ1v) is 11.2. The van der Waals surface area contributed by atoms with Gasteiger partial charge in [-0.2, -0.15) is 0 Å². The van der Waals surface area contributed by atoms with Crippen LogP contribution in [0.4, 0.5) is 5.69 Å². The molecule has 176 valence electrons. The summed E-state index contributed by atoms with van der Waals surface area (Å²) in [6.07, 6.45) is 0.656. The lowest BCUT2D eigenvalue weighted by molar-refractivity contribution is -0.150. The Hall–Kier alpha value is -3.41. The summed E-state index contributed by atoms with van der Waals surface area (Å²) in [6.45, 7) is -0.311. The highest BCUT2D eigenvalue weighted by Crippen LogP contribution is 2.36. The average Bonchev–Trinajstić information content (AvgIpc) is 3.05. The van der Waals surface area contributed by atoms with E-state index in [0.29, 0.717) is 22.0 Å². The molecule has 1 heterocycles. The lowest BCUT2D eigenvalue weighted by atomic mass is 10.1. The number of anilines is 1. The first-order valence-electron chi connectivity index (χ1n) is 9.64. The molecule has 1 aliphatic heterocycles. The van der Waals surface area contributed by atoms with Gasteiger partial charge in [0.15, 0.2) is 6.61 Å². The van der Waals surface area contributed by atoms with Crippen molar-refractivity contribution >= 4 is 75.4 Å². The molecular formula is C22H17ClN2O7S2. The molecule has 9 nitrogen and oxygen atoms in total. The van der Waals surface area contributed by atoms with Crippen molar-refractivity contribution in [3.05, 3.63) is 64.0 Å². The van der Waals surface area contributed by atoms with E-state index in [1.54, 1.807) is 48.5 Å². The zero-order valence-corrected chi connectivity index (χ0v) is 19.7. The smallest absolute Gasteiger partial charge is 0.327 e.